The van der Waals surface area contributed by atoms with E-state index >= 15 is 0 Å². The summed E-state index contributed by atoms with van der Waals surface area (Å²) < 4.78 is 1.11. The topological polar surface area (TPSA) is 45.2 Å². The lowest BCUT2D eigenvalue weighted by atomic mass is 10.2. The van der Waals surface area contributed by atoms with Gasteiger partial charge >= 0.3 is 0 Å². The number of aromatic nitrogens is 1. The van der Waals surface area contributed by atoms with E-state index < -0.39 is 6.10 Å². The molecule has 2 rings (SSSR count). The number of hydrogen-bond donors (Lipinski definition) is 2. The molecule has 0 aromatic carbocycles. The highest BCUT2D eigenvalue weighted by Gasteiger charge is 2.22. The minimum Gasteiger partial charge on any atom is -0.384 e. The van der Waals surface area contributed by atoms with Crippen LogP contribution >= 0.6 is 33.9 Å². The van der Waals surface area contributed by atoms with Gasteiger partial charge in [0.05, 0.1) is 15.1 Å². The molecular weight excluding hydrogens is 299 g/mol. The Balaban J connectivity index is 2.12. The smallest absolute Gasteiger partial charge is 0.124 e. The van der Waals surface area contributed by atoms with Gasteiger partial charge in [0.2, 0.25) is 0 Å². The SMILES string of the molecule is OC(c1ncc(I)s1)C1C=CCN1. The molecule has 0 fully saturated rings. The summed E-state index contributed by atoms with van der Waals surface area (Å²) in [6.07, 6.45) is 5.28. The van der Waals surface area contributed by atoms with Crippen molar-refractivity contribution in [2.75, 3.05) is 6.54 Å². The highest BCUT2D eigenvalue weighted by atomic mass is 127. The zero-order valence-electron chi connectivity index (χ0n) is 6.77. The summed E-state index contributed by atoms with van der Waals surface area (Å²) in [7, 11) is 0. The molecule has 0 bridgehead atoms. The van der Waals surface area contributed by atoms with Gasteiger partial charge in [-0.3, -0.25) is 0 Å². The molecule has 1 aromatic rings. The number of nitrogens with zero attached hydrogens (tertiary/aromatic N) is 1. The van der Waals surface area contributed by atoms with Crippen molar-refractivity contribution in [1.82, 2.24) is 10.3 Å². The van der Waals surface area contributed by atoms with Crippen LogP contribution in [0.5, 0.6) is 0 Å². The summed E-state index contributed by atoms with van der Waals surface area (Å²) in [5.41, 5.74) is 0. The van der Waals surface area contributed by atoms with Crippen molar-refractivity contribution in [2.45, 2.75) is 12.1 Å². The first-order chi connectivity index (χ1) is 6.27. The molecule has 0 radical (unpaired) electrons. The molecule has 2 N–H and O–H groups in total. The first kappa shape index (κ1) is 9.57. The Hall–Kier alpha value is 0.0200. The molecule has 0 saturated carbocycles. The van der Waals surface area contributed by atoms with Crippen LogP contribution in [0.3, 0.4) is 0 Å². The Kier molecular flexibility index (Phi) is 2.97. The molecule has 5 heteroatoms. The predicted octanol–water partition coefficient (Wildman–Crippen LogP) is 1.31. The number of rotatable bonds is 2. The van der Waals surface area contributed by atoms with Gasteiger partial charge in [0, 0.05) is 6.54 Å². The van der Waals surface area contributed by atoms with Gasteiger partial charge in [0.1, 0.15) is 11.1 Å². The lowest BCUT2D eigenvalue weighted by Crippen LogP contribution is -2.28. The summed E-state index contributed by atoms with van der Waals surface area (Å²) in [4.78, 5) is 4.15. The number of aliphatic hydroxyl groups is 1. The number of hydrogen-bond acceptors (Lipinski definition) is 4. The first-order valence-corrected chi connectivity index (χ1v) is 5.86. The van der Waals surface area contributed by atoms with Crippen LogP contribution in [0.2, 0.25) is 0 Å². The van der Waals surface area contributed by atoms with Crippen LogP contribution in [0.4, 0.5) is 0 Å². The molecule has 0 amide bonds. The van der Waals surface area contributed by atoms with Crippen LogP contribution in [-0.2, 0) is 0 Å². The maximum Gasteiger partial charge on any atom is 0.124 e. The molecule has 1 aliphatic heterocycles. The number of halogens is 1. The van der Waals surface area contributed by atoms with Crippen molar-refractivity contribution < 1.29 is 5.11 Å². The van der Waals surface area contributed by atoms with Gasteiger partial charge in [-0.15, -0.1) is 11.3 Å². The molecule has 2 unspecified atom stereocenters. The summed E-state index contributed by atoms with van der Waals surface area (Å²) in [5.74, 6) is 0. The molecule has 3 nitrogen and oxygen atoms in total. The number of thiazole rings is 1. The van der Waals surface area contributed by atoms with Crippen LogP contribution in [0.15, 0.2) is 18.3 Å². The molecule has 0 saturated heterocycles. The van der Waals surface area contributed by atoms with Crippen molar-refractivity contribution in [3.8, 4) is 0 Å². The number of nitrogens with one attached hydrogen (secondary N) is 1. The highest BCUT2D eigenvalue weighted by molar-refractivity contribution is 14.1. The third kappa shape index (κ3) is 2.09. The van der Waals surface area contributed by atoms with Gasteiger partial charge < -0.3 is 10.4 Å². The zero-order chi connectivity index (χ0) is 9.26. The van der Waals surface area contributed by atoms with Gasteiger partial charge in [-0.2, -0.15) is 0 Å². The Morgan fingerprint density at radius 3 is 3.15 bits per heavy atom. The maximum absolute atomic E-state index is 9.86. The van der Waals surface area contributed by atoms with Crippen LogP contribution in [0, 0.1) is 2.88 Å². The van der Waals surface area contributed by atoms with Gasteiger partial charge in [-0.1, -0.05) is 12.2 Å². The molecule has 2 atom stereocenters. The normalized spacial score (nSPS) is 23.7. The standard InChI is InChI=1S/C8H9IN2OS/c9-6-4-11-8(13-6)7(12)5-2-1-3-10-5/h1-2,4-5,7,10,12H,3H2. The second kappa shape index (κ2) is 4.04. The van der Waals surface area contributed by atoms with Crippen LogP contribution < -0.4 is 5.32 Å². The average Bonchev–Trinajstić information content (AvgIpc) is 2.72. The van der Waals surface area contributed by atoms with Crippen molar-refractivity contribution in [1.29, 1.82) is 0 Å². The van der Waals surface area contributed by atoms with E-state index in [2.05, 4.69) is 32.9 Å². The summed E-state index contributed by atoms with van der Waals surface area (Å²) in [6.45, 7) is 0.837. The fourth-order valence-corrected chi connectivity index (χ4v) is 2.76. The van der Waals surface area contributed by atoms with Crippen molar-refractivity contribution in [3.63, 3.8) is 0 Å². The quantitative estimate of drug-likeness (QED) is 0.640. The minimum absolute atomic E-state index is 0.0296. The zero-order valence-corrected chi connectivity index (χ0v) is 9.75. The second-order valence-corrected chi connectivity index (χ2v) is 5.77. The van der Waals surface area contributed by atoms with E-state index in [1.165, 1.54) is 11.3 Å². The fourth-order valence-electron chi connectivity index (χ4n) is 1.26. The summed E-state index contributed by atoms with van der Waals surface area (Å²) >= 11 is 3.74. The lowest BCUT2D eigenvalue weighted by Gasteiger charge is -2.14. The Morgan fingerprint density at radius 2 is 2.62 bits per heavy atom. The molecular formula is C8H9IN2OS. The Morgan fingerprint density at radius 1 is 1.77 bits per heavy atom. The molecule has 2 heterocycles. The predicted molar refractivity (Wildman–Crippen MR) is 60.7 cm³/mol. The number of aliphatic hydroxyl groups excluding tert-OH is 1. The van der Waals surface area contributed by atoms with E-state index in [1.54, 1.807) is 6.20 Å². The Bertz CT molecular complexity index is 326. The second-order valence-electron chi connectivity index (χ2n) is 2.81. The highest BCUT2D eigenvalue weighted by Crippen LogP contribution is 2.25. The van der Waals surface area contributed by atoms with E-state index in [4.69, 9.17) is 0 Å². The van der Waals surface area contributed by atoms with Crippen LogP contribution in [0.25, 0.3) is 0 Å². The van der Waals surface area contributed by atoms with Crippen molar-refractivity contribution in [2.24, 2.45) is 0 Å². The summed E-state index contributed by atoms with van der Waals surface area (Å²) in [6, 6.07) is 0.0296. The lowest BCUT2D eigenvalue weighted by molar-refractivity contribution is 0.152. The fraction of sp³-hybridized carbons (Fsp3) is 0.375. The van der Waals surface area contributed by atoms with E-state index in [0.717, 1.165) is 14.4 Å². The third-order valence-electron chi connectivity index (χ3n) is 1.90. The molecule has 1 aromatic heterocycles. The van der Waals surface area contributed by atoms with Crippen molar-refractivity contribution >= 4 is 33.9 Å². The Labute approximate surface area is 94.0 Å². The molecule has 70 valence electrons. The molecule has 0 aliphatic carbocycles. The maximum atomic E-state index is 9.86. The van der Waals surface area contributed by atoms with Crippen LogP contribution in [-0.4, -0.2) is 22.7 Å². The minimum atomic E-state index is -0.507. The first-order valence-electron chi connectivity index (χ1n) is 3.97. The van der Waals surface area contributed by atoms with E-state index in [-0.39, 0.29) is 6.04 Å². The summed E-state index contributed by atoms with van der Waals surface area (Å²) in [5, 5.41) is 13.8. The van der Waals surface area contributed by atoms with Gasteiger partial charge in [0.25, 0.3) is 0 Å². The van der Waals surface area contributed by atoms with E-state index in [9.17, 15) is 5.11 Å². The molecule has 1 aliphatic rings. The molecule has 13 heavy (non-hydrogen) atoms. The van der Waals surface area contributed by atoms with E-state index in [1.807, 2.05) is 12.2 Å². The molecule has 0 spiro atoms. The van der Waals surface area contributed by atoms with Crippen molar-refractivity contribution in [3.05, 3.63) is 26.2 Å². The monoisotopic (exact) mass is 308 g/mol. The van der Waals surface area contributed by atoms with Gasteiger partial charge in [-0.05, 0) is 22.6 Å². The largest absolute Gasteiger partial charge is 0.384 e. The van der Waals surface area contributed by atoms with E-state index in [0.29, 0.717) is 0 Å². The van der Waals surface area contributed by atoms with Gasteiger partial charge in [0.15, 0.2) is 0 Å². The van der Waals surface area contributed by atoms with Crippen LogP contribution in [0.1, 0.15) is 11.1 Å². The van der Waals surface area contributed by atoms with Gasteiger partial charge in [-0.25, -0.2) is 4.98 Å². The average molecular weight is 308 g/mol. The third-order valence-corrected chi connectivity index (χ3v) is 3.70.